The van der Waals surface area contributed by atoms with Gasteiger partial charge in [0.05, 0.1) is 12.5 Å². The Morgan fingerprint density at radius 3 is 2.75 bits per heavy atom. The van der Waals surface area contributed by atoms with Gasteiger partial charge in [-0.25, -0.2) is 4.79 Å². The third-order valence-corrected chi connectivity index (χ3v) is 2.85. The third kappa shape index (κ3) is 3.46. The van der Waals surface area contributed by atoms with Crippen molar-refractivity contribution >= 4 is 12.0 Å². The quantitative estimate of drug-likeness (QED) is 0.605. The second-order valence-corrected chi connectivity index (χ2v) is 3.90. The number of rotatable bonds is 4. The van der Waals surface area contributed by atoms with E-state index in [4.69, 9.17) is 11.5 Å². The van der Waals surface area contributed by atoms with E-state index in [0.29, 0.717) is 13.0 Å². The molecule has 1 saturated carbocycles. The van der Waals surface area contributed by atoms with Gasteiger partial charge in [0.2, 0.25) is 0 Å². The summed E-state index contributed by atoms with van der Waals surface area (Å²) in [6, 6.07) is -0.339. The zero-order chi connectivity index (χ0) is 12.0. The molecule has 0 aromatic rings. The highest BCUT2D eigenvalue weighted by Gasteiger charge is 2.32. The van der Waals surface area contributed by atoms with Gasteiger partial charge in [0.15, 0.2) is 0 Å². The van der Waals surface area contributed by atoms with Crippen molar-refractivity contribution in [2.24, 2.45) is 11.8 Å². The van der Waals surface area contributed by atoms with E-state index in [0.717, 1.165) is 12.8 Å². The summed E-state index contributed by atoms with van der Waals surface area (Å²) in [5.74, 6) is 1.23. The van der Waals surface area contributed by atoms with Crippen molar-refractivity contribution in [3.8, 4) is 12.3 Å². The van der Waals surface area contributed by atoms with E-state index in [1.54, 1.807) is 0 Å². The minimum absolute atomic E-state index is 0.0362. The number of carbonyl (C=O) groups is 2. The fourth-order valence-corrected chi connectivity index (χ4v) is 2.02. The molecular formula is C11H16N2O3. The van der Waals surface area contributed by atoms with Gasteiger partial charge in [-0.3, -0.25) is 4.79 Å². The van der Waals surface area contributed by atoms with Crippen LogP contribution >= 0.6 is 0 Å². The van der Waals surface area contributed by atoms with Crippen LogP contribution in [0.1, 0.15) is 19.3 Å². The summed E-state index contributed by atoms with van der Waals surface area (Å²) in [4.78, 5) is 22.0. The van der Waals surface area contributed by atoms with Gasteiger partial charge in [0.1, 0.15) is 0 Å². The number of hydrogen-bond donors (Lipinski definition) is 3. The van der Waals surface area contributed by atoms with E-state index in [9.17, 15) is 9.59 Å². The van der Waals surface area contributed by atoms with Gasteiger partial charge in [0, 0.05) is 6.54 Å². The Balaban J connectivity index is 2.29. The van der Waals surface area contributed by atoms with E-state index in [1.165, 1.54) is 0 Å². The van der Waals surface area contributed by atoms with Crippen molar-refractivity contribution < 1.29 is 14.7 Å². The van der Waals surface area contributed by atoms with Crippen molar-refractivity contribution in [2.45, 2.75) is 19.3 Å². The largest absolute Gasteiger partial charge is 0.481 e. The van der Waals surface area contributed by atoms with Crippen LogP contribution in [0.15, 0.2) is 0 Å². The Labute approximate surface area is 94.6 Å². The molecule has 0 saturated heterocycles. The van der Waals surface area contributed by atoms with Crippen LogP contribution in [0.25, 0.3) is 0 Å². The van der Waals surface area contributed by atoms with Crippen molar-refractivity contribution in [1.29, 1.82) is 0 Å². The van der Waals surface area contributed by atoms with Crippen LogP contribution in [0.4, 0.5) is 4.79 Å². The molecule has 0 aromatic carbocycles. The van der Waals surface area contributed by atoms with Crippen LogP contribution in [0.2, 0.25) is 0 Å². The number of carboxylic acid groups (broad SMARTS) is 1. The molecule has 0 heterocycles. The highest BCUT2D eigenvalue weighted by molar-refractivity contribution is 5.74. The Morgan fingerprint density at radius 2 is 2.12 bits per heavy atom. The van der Waals surface area contributed by atoms with E-state index < -0.39 is 5.97 Å². The zero-order valence-electron chi connectivity index (χ0n) is 9.03. The Hall–Kier alpha value is -1.70. The SMILES string of the molecule is C#CCNC(=O)NCC1CCCC1C(=O)O. The van der Waals surface area contributed by atoms with Crippen molar-refractivity contribution in [1.82, 2.24) is 10.6 Å². The predicted octanol–water partition coefficient (Wildman–Crippen LogP) is 0.420. The number of hydrogen-bond acceptors (Lipinski definition) is 2. The highest BCUT2D eigenvalue weighted by atomic mass is 16.4. The van der Waals surface area contributed by atoms with Gasteiger partial charge in [-0.15, -0.1) is 6.42 Å². The van der Waals surface area contributed by atoms with Crippen molar-refractivity contribution in [2.75, 3.05) is 13.1 Å². The molecule has 5 nitrogen and oxygen atoms in total. The minimum atomic E-state index is -0.770. The summed E-state index contributed by atoms with van der Waals surface area (Å²) in [7, 11) is 0. The van der Waals surface area contributed by atoms with Crippen LogP contribution in [0, 0.1) is 24.2 Å². The number of urea groups is 1. The van der Waals surface area contributed by atoms with Gasteiger partial charge in [-0.2, -0.15) is 0 Å². The van der Waals surface area contributed by atoms with E-state index in [2.05, 4.69) is 16.6 Å². The van der Waals surface area contributed by atoms with Crippen LogP contribution in [-0.2, 0) is 4.79 Å². The predicted molar refractivity (Wildman–Crippen MR) is 58.7 cm³/mol. The fraction of sp³-hybridized carbons (Fsp3) is 0.636. The van der Waals surface area contributed by atoms with E-state index in [-0.39, 0.29) is 24.4 Å². The van der Waals surface area contributed by atoms with Gasteiger partial charge < -0.3 is 15.7 Å². The minimum Gasteiger partial charge on any atom is -0.481 e. The van der Waals surface area contributed by atoms with E-state index >= 15 is 0 Å². The number of amides is 2. The number of nitrogens with one attached hydrogen (secondary N) is 2. The Bertz CT molecular complexity index is 309. The molecule has 88 valence electrons. The van der Waals surface area contributed by atoms with Crippen LogP contribution in [0.3, 0.4) is 0 Å². The van der Waals surface area contributed by atoms with Gasteiger partial charge in [0.25, 0.3) is 0 Å². The van der Waals surface area contributed by atoms with Crippen LogP contribution in [-0.4, -0.2) is 30.2 Å². The molecule has 3 N–H and O–H groups in total. The molecule has 0 aliphatic heterocycles. The monoisotopic (exact) mass is 224 g/mol. The number of terminal acetylenes is 1. The lowest BCUT2D eigenvalue weighted by molar-refractivity contribution is -0.142. The van der Waals surface area contributed by atoms with Crippen LogP contribution < -0.4 is 10.6 Å². The summed E-state index contributed by atoms with van der Waals surface area (Å²) in [5.41, 5.74) is 0. The molecule has 1 aliphatic carbocycles. The summed E-state index contributed by atoms with van der Waals surface area (Å²) < 4.78 is 0. The summed E-state index contributed by atoms with van der Waals surface area (Å²) in [5, 5.41) is 14.0. The third-order valence-electron chi connectivity index (χ3n) is 2.85. The first-order valence-corrected chi connectivity index (χ1v) is 5.33. The van der Waals surface area contributed by atoms with E-state index in [1.807, 2.05) is 0 Å². The molecule has 0 aromatic heterocycles. The first kappa shape index (κ1) is 12.4. The molecule has 0 bridgehead atoms. The van der Waals surface area contributed by atoms with Crippen LogP contribution in [0.5, 0.6) is 0 Å². The maximum absolute atomic E-state index is 11.2. The number of aliphatic carboxylic acids is 1. The highest BCUT2D eigenvalue weighted by Crippen LogP contribution is 2.31. The fourth-order valence-electron chi connectivity index (χ4n) is 2.02. The molecule has 1 aliphatic rings. The smallest absolute Gasteiger partial charge is 0.315 e. The average Bonchev–Trinajstić information content (AvgIpc) is 2.71. The maximum atomic E-state index is 11.2. The molecule has 2 unspecified atom stereocenters. The molecule has 1 fully saturated rings. The normalized spacial score (nSPS) is 23.4. The number of carbonyl (C=O) groups excluding carboxylic acids is 1. The second-order valence-electron chi connectivity index (χ2n) is 3.90. The van der Waals surface area contributed by atoms with Crippen molar-refractivity contribution in [3.63, 3.8) is 0 Å². The number of carboxylic acids is 1. The topological polar surface area (TPSA) is 78.4 Å². The second kappa shape index (κ2) is 6.01. The molecule has 2 amide bonds. The van der Waals surface area contributed by atoms with Crippen molar-refractivity contribution in [3.05, 3.63) is 0 Å². The lowest BCUT2D eigenvalue weighted by atomic mass is 9.96. The molecule has 0 spiro atoms. The average molecular weight is 224 g/mol. The lowest BCUT2D eigenvalue weighted by Crippen LogP contribution is -2.39. The summed E-state index contributed by atoms with van der Waals surface area (Å²) in [6.45, 7) is 0.576. The van der Waals surface area contributed by atoms with Gasteiger partial charge >= 0.3 is 12.0 Å². The maximum Gasteiger partial charge on any atom is 0.315 e. The zero-order valence-corrected chi connectivity index (χ0v) is 9.03. The lowest BCUT2D eigenvalue weighted by Gasteiger charge is -2.16. The summed E-state index contributed by atoms with van der Waals surface area (Å²) >= 11 is 0. The van der Waals surface area contributed by atoms with Gasteiger partial charge in [-0.05, 0) is 18.8 Å². The Morgan fingerprint density at radius 1 is 1.38 bits per heavy atom. The summed E-state index contributed by atoms with van der Waals surface area (Å²) in [6.07, 6.45) is 7.45. The molecule has 16 heavy (non-hydrogen) atoms. The molecule has 2 atom stereocenters. The molecular weight excluding hydrogens is 208 g/mol. The first-order chi connectivity index (χ1) is 7.65. The molecule has 1 rings (SSSR count). The van der Waals surface area contributed by atoms with Gasteiger partial charge in [-0.1, -0.05) is 12.3 Å². The first-order valence-electron chi connectivity index (χ1n) is 5.33. The Kier molecular flexibility index (Phi) is 4.65. The molecule has 0 radical (unpaired) electrons. The standard InChI is InChI=1S/C11H16N2O3/c1-2-6-12-11(16)13-7-8-4-3-5-9(8)10(14)15/h1,8-9H,3-7H2,(H,14,15)(H2,12,13,16). The molecule has 5 heteroatoms.